The van der Waals surface area contributed by atoms with Crippen molar-refractivity contribution < 1.29 is 9.53 Å². The lowest BCUT2D eigenvalue weighted by atomic mass is 10.3. The molecule has 21 heavy (non-hydrogen) atoms. The number of anilines is 1. The zero-order valence-corrected chi connectivity index (χ0v) is 12.9. The molecule has 0 saturated carbocycles. The summed E-state index contributed by atoms with van der Waals surface area (Å²) in [5, 5.41) is 3.11. The average Bonchev–Trinajstić information content (AvgIpc) is 2.99. The predicted molar refractivity (Wildman–Crippen MR) is 81.5 cm³/mol. The van der Waals surface area contributed by atoms with Crippen LogP contribution in [0.4, 0.5) is 5.95 Å². The molecule has 0 atom stereocenters. The summed E-state index contributed by atoms with van der Waals surface area (Å²) < 4.78 is 5.52. The standard InChI is InChI=1S/C15H24N4O2/c1-3-10-21-13-11-12(2)17-15(18-13)16-7-6-14(20)19-8-4-5-9-19/h11H,3-10H2,1-2H3,(H,16,17,18). The van der Waals surface area contributed by atoms with E-state index >= 15 is 0 Å². The van der Waals surface area contributed by atoms with Crippen molar-refractivity contribution in [3.63, 3.8) is 0 Å². The molecule has 1 aromatic rings. The van der Waals surface area contributed by atoms with E-state index < -0.39 is 0 Å². The molecular weight excluding hydrogens is 268 g/mol. The van der Waals surface area contributed by atoms with Crippen molar-refractivity contribution in [2.45, 2.75) is 39.5 Å². The van der Waals surface area contributed by atoms with Crippen LogP contribution in [0.25, 0.3) is 0 Å². The number of ether oxygens (including phenoxy) is 1. The van der Waals surface area contributed by atoms with Gasteiger partial charge >= 0.3 is 0 Å². The molecule has 1 saturated heterocycles. The van der Waals surface area contributed by atoms with Crippen molar-refractivity contribution in [3.8, 4) is 5.88 Å². The van der Waals surface area contributed by atoms with Crippen molar-refractivity contribution in [3.05, 3.63) is 11.8 Å². The molecular formula is C15H24N4O2. The highest BCUT2D eigenvalue weighted by Crippen LogP contribution is 2.13. The Morgan fingerprint density at radius 3 is 2.86 bits per heavy atom. The summed E-state index contributed by atoms with van der Waals surface area (Å²) in [5.41, 5.74) is 0.851. The second-order valence-corrected chi connectivity index (χ2v) is 5.28. The van der Waals surface area contributed by atoms with Gasteiger partial charge in [-0.05, 0) is 26.2 Å². The first kappa shape index (κ1) is 15.5. The first-order chi connectivity index (χ1) is 10.2. The van der Waals surface area contributed by atoms with Gasteiger partial charge in [0, 0.05) is 37.8 Å². The maximum absolute atomic E-state index is 11.9. The van der Waals surface area contributed by atoms with Gasteiger partial charge in [-0.15, -0.1) is 0 Å². The zero-order chi connectivity index (χ0) is 15.1. The molecule has 0 aliphatic carbocycles. The van der Waals surface area contributed by atoms with Gasteiger partial charge in [-0.2, -0.15) is 4.98 Å². The Labute approximate surface area is 125 Å². The number of carbonyl (C=O) groups is 1. The average molecular weight is 292 g/mol. The van der Waals surface area contributed by atoms with Gasteiger partial charge in [0.2, 0.25) is 17.7 Å². The summed E-state index contributed by atoms with van der Waals surface area (Å²) in [7, 11) is 0. The Kier molecular flexibility index (Phi) is 5.78. The molecule has 0 spiro atoms. The molecule has 1 aliphatic rings. The van der Waals surface area contributed by atoms with E-state index in [4.69, 9.17) is 4.74 Å². The number of carbonyl (C=O) groups excluding carboxylic acids is 1. The maximum atomic E-state index is 11.9. The molecule has 1 aliphatic heterocycles. The van der Waals surface area contributed by atoms with Crippen molar-refractivity contribution in [1.29, 1.82) is 0 Å². The number of aryl methyl sites for hydroxylation is 1. The van der Waals surface area contributed by atoms with Gasteiger partial charge < -0.3 is 15.0 Å². The van der Waals surface area contributed by atoms with E-state index in [2.05, 4.69) is 22.2 Å². The van der Waals surface area contributed by atoms with Crippen LogP contribution in [0.5, 0.6) is 5.88 Å². The predicted octanol–water partition coefficient (Wildman–Crippen LogP) is 2.00. The lowest BCUT2D eigenvalue weighted by Gasteiger charge is -2.15. The molecule has 1 N–H and O–H groups in total. The molecule has 1 aromatic heterocycles. The smallest absolute Gasteiger partial charge is 0.226 e. The summed E-state index contributed by atoms with van der Waals surface area (Å²) in [6.45, 7) is 6.94. The minimum absolute atomic E-state index is 0.204. The molecule has 0 bridgehead atoms. The number of nitrogens with zero attached hydrogens (tertiary/aromatic N) is 3. The SMILES string of the molecule is CCCOc1cc(C)nc(NCCC(=O)N2CCCC2)n1. The first-order valence-corrected chi connectivity index (χ1v) is 7.69. The number of nitrogens with one attached hydrogen (secondary N) is 1. The highest BCUT2D eigenvalue weighted by molar-refractivity contribution is 5.76. The first-order valence-electron chi connectivity index (χ1n) is 7.69. The highest BCUT2D eigenvalue weighted by Gasteiger charge is 2.17. The van der Waals surface area contributed by atoms with Crippen LogP contribution in [-0.2, 0) is 4.79 Å². The Bertz CT molecular complexity index is 473. The van der Waals surface area contributed by atoms with Gasteiger partial charge in [0.25, 0.3) is 0 Å². The quantitative estimate of drug-likeness (QED) is 0.832. The number of hydrogen-bond donors (Lipinski definition) is 1. The minimum Gasteiger partial charge on any atom is -0.478 e. The molecule has 0 radical (unpaired) electrons. The Hall–Kier alpha value is -1.85. The van der Waals surface area contributed by atoms with Gasteiger partial charge in [-0.3, -0.25) is 4.79 Å². The lowest BCUT2D eigenvalue weighted by Crippen LogP contribution is -2.29. The number of likely N-dealkylation sites (tertiary alicyclic amines) is 1. The fourth-order valence-electron chi connectivity index (χ4n) is 2.31. The Balaban J connectivity index is 1.81. The Morgan fingerprint density at radius 1 is 1.38 bits per heavy atom. The third-order valence-corrected chi connectivity index (χ3v) is 3.37. The van der Waals surface area contributed by atoms with Crippen LogP contribution in [0, 0.1) is 6.92 Å². The van der Waals surface area contributed by atoms with Gasteiger partial charge in [-0.1, -0.05) is 6.92 Å². The third kappa shape index (κ3) is 4.88. The summed E-state index contributed by atoms with van der Waals surface area (Å²) in [6, 6.07) is 1.82. The lowest BCUT2D eigenvalue weighted by molar-refractivity contribution is -0.129. The van der Waals surface area contributed by atoms with E-state index in [-0.39, 0.29) is 5.91 Å². The fraction of sp³-hybridized carbons (Fsp3) is 0.667. The van der Waals surface area contributed by atoms with Crippen molar-refractivity contribution in [2.75, 3.05) is 31.6 Å². The van der Waals surface area contributed by atoms with Crippen LogP contribution in [0.2, 0.25) is 0 Å². The largest absolute Gasteiger partial charge is 0.478 e. The molecule has 1 amide bonds. The van der Waals surface area contributed by atoms with Crippen LogP contribution in [0.15, 0.2) is 6.07 Å². The monoisotopic (exact) mass is 292 g/mol. The van der Waals surface area contributed by atoms with Crippen LogP contribution >= 0.6 is 0 Å². The topological polar surface area (TPSA) is 67.3 Å². The van der Waals surface area contributed by atoms with E-state index in [0.717, 1.165) is 38.0 Å². The zero-order valence-electron chi connectivity index (χ0n) is 12.9. The van der Waals surface area contributed by atoms with Crippen LogP contribution in [-0.4, -0.2) is 47.0 Å². The summed E-state index contributed by atoms with van der Waals surface area (Å²) in [4.78, 5) is 22.5. The van der Waals surface area contributed by atoms with E-state index in [1.165, 1.54) is 0 Å². The second-order valence-electron chi connectivity index (χ2n) is 5.28. The molecule has 116 valence electrons. The van der Waals surface area contributed by atoms with Crippen molar-refractivity contribution in [2.24, 2.45) is 0 Å². The maximum Gasteiger partial charge on any atom is 0.226 e. The summed E-state index contributed by atoms with van der Waals surface area (Å²) in [5.74, 6) is 1.31. The minimum atomic E-state index is 0.204. The molecule has 6 nitrogen and oxygen atoms in total. The van der Waals surface area contributed by atoms with E-state index in [1.54, 1.807) is 0 Å². The third-order valence-electron chi connectivity index (χ3n) is 3.37. The molecule has 1 fully saturated rings. The molecule has 0 unspecified atom stereocenters. The molecule has 2 rings (SSSR count). The second kappa shape index (κ2) is 7.81. The Morgan fingerprint density at radius 2 is 2.14 bits per heavy atom. The fourth-order valence-corrected chi connectivity index (χ4v) is 2.31. The molecule has 0 aromatic carbocycles. The van der Waals surface area contributed by atoms with Crippen molar-refractivity contribution >= 4 is 11.9 Å². The van der Waals surface area contributed by atoms with E-state index in [0.29, 0.717) is 31.4 Å². The number of amides is 1. The molecule has 2 heterocycles. The van der Waals surface area contributed by atoms with Crippen molar-refractivity contribution in [1.82, 2.24) is 14.9 Å². The van der Waals surface area contributed by atoms with Crippen LogP contribution < -0.4 is 10.1 Å². The number of rotatable bonds is 7. The van der Waals surface area contributed by atoms with Gasteiger partial charge in [0.15, 0.2) is 0 Å². The van der Waals surface area contributed by atoms with Gasteiger partial charge in [-0.25, -0.2) is 4.98 Å². The van der Waals surface area contributed by atoms with Gasteiger partial charge in [0.1, 0.15) is 0 Å². The summed E-state index contributed by atoms with van der Waals surface area (Å²) >= 11 is 0. The van der Waals surface area contributed by atoms with E-state index in [1.807, 2.05) is 17.9 Å². The number of hydrogen-bond acceptors (Lipinski definition) is 5. The number of aromatic nitrogens is 2. The summed E-state index contributed by atoms with van der Waals surface area (Å²) in [6.07, 6.45) is 3.66. The molecule has 6 heteroatoms. The van der Waals surface area contributed by atoms with Crippen LogP contribution in [0.1, 0.15) is 38.3 Å². The normalized spacial score (nSPS) is 14.3. The van der Waals surface area contributed by atoms with Crippen LogP contribution in [0.3, 0.4) is 0 Å². The van der Waals surface area contributed by atoms with E-state index in [9.17, 15) is 4.79 Å². The highest BCUT2D eigenvalue weighted by atomic mass is 16.5. The van der Waals surface area contributed by atoms with Gasteiger partial charge in [0.05, 0.1) is 6.61 Å².